The summed E-state index contributed by atoms with van der Waals surface area (Å²) in [7, 11) is 3.29. The van der Waals surface area contributed by atoms with Crippen molar-refractivity contribution in [1.82, 2.24) is 9.55 Å². The summed E-state index contributed by atoms with van der Waals surface area (Å²) >= 11 is 3.30. The van der Waals surface area contributed by atoms with Crippen LogP contribution >= 0.6 is 15.9 Å². The Morgan fingerprint density at radius 1 is 1.47 bits per heavy atom. The lowest BCUT2D eigenvalue weighted by Crippen LogP contribution is -2.00. The number of nitrogen functional groups attached to an aromatic ring is 1. The third kappa shape index (κ3) is 2.00. The fraction of sp³-hybridized carbons (Fsp3) is 0.182. The van der Waals surface area contributed by atoms with Crippen molar-refractivity contribution in [2.24, 2.45) is 7.05 Å². The van der Waals surface area contributed by atoms with E-state index in [-0.39, 0.29) is 5.82 Å². The van der Waals surface area contributed by atoms with Crippen molar-refractivity contribution >= 4 is 21.9 Å². The SMILES string of the molecule is COc1ccc(F)cc1-c1c(Br)nc(N)n1C. The van der Waals surface area contributed by atoms with Gasteiger partial charge in [0.15, 0.2) is 0 Å². The highest BCUT2D eigenvalue weighted by Crippen LogP contribution is 2.36. The number of nitrogens with zero attached hydrogens (tertiary/aromatic N) is 2. The standard InChI is InChI=1S/C11H11BrFN3O/c1-16-9(10(12)15-11(16)14)7-5-6(13)3-4-8(7)17-2/h3-5H,1-2H3,(H2,14,15). The molecule has 0 saturated carbocycles. The summed E-state index contributed by atoms with van der Waals surface area (Å²) in [5.41, 5.74) is 6.98. The van der Waals surface area contributed by atoms with Crippen LogP contribution in [0.15, 0.2) is 22.8 Å². The minimum Gasteiger partial charge on any atom is -0.496 e. The van der Waals surface area contributed by atoms with Crippen molar-refractivity contribution in [3.63, 3.8) is 0 Å². The molecule has 0 amide bonds. The molecule has 0 aliphatic rings. The van der Waals surface area contributed by atoms with Crippen LogP contribution < -0.4 is 10.5 Å². The van der Waals surface area contributed by atoms with Gasteiger partial charge < -0.3 is 15.0 Å². The number of hydrogen-bond donors (Lipinski definition) is 1. The van der Waals surface area contributed by atoms with E-state index in [4.69, 9.17) is 10.5 Å². The highest BCUT2D eigenvalue weighted by atomic mass is 79.9. The molecule has 17 heavy (non-hydrogen) atoms. The first-order valence-corrected chi connectivity index (χ1v) is 5.65. The van der Waals surface area contributed by atoms with Crippen LogP contribution in [-0.4, -0.2) is 16.7 Å². The average Bonchev–Trinajstić information content (AvgIpc) is 2.53. The normalized spacial score (nSPS) is 10.6. The van der Waals surface area contributed by atoms with Gasteiger partial charge in [-0.15, -0.1) is 0 Å². The van der Waals surface area contributed by atoms with Crippen molar-refractivity contribution < 1.29 is 9.13 Å². The molecular weight excluding hydrogens is 289 g/mol. The molecule has 0 radical (unpaired) electrons. The second kappa shape index (κ2) is 4.37. The topological polar surface area (TPSA) is 53.1 Å². The predicted octanol–water partition coefficient (Wildman–Crippen LogP) is 2.58. The van der Waals surface area contributed by atoms with Crippen LogP contribution in [0.3, 0.4) is 0 Å². The molecule has 4 nitrogen and oxygen atoms in total. The number of rotatable bonds is 2. The Kier molecular flexibility index (Phi) is 3.06. The molecule has 1 aromatic carbocycles. The Morgan fingerprint density at radius 2 is 2.18 bits per heavy atom. The van der Waals surface area contributed by atoms with Crippen LogP contribution in [0, 0.1) is 5.82 Å². The van der Waals surface area contributed by atoms with E-state index in [2.05, 4.69) is 20.9 Å². The van der Waals surface area contributed by atoms with E-state index >= 15 is 0 Å². The van der Waals surface area contributed by atoms with E-state index < -0.39 is 0 Å². The summed E-state index contributed by atoms with van der Waals surface area (Å²) in [5, 5.41) is 0. The predicted molar refractivity (Wildman–Crippen MR) is 67.3 cm³/mol. The maximum absolute atomic E-state index is 13.3. The summed E-state index contributed by atoms with van der Waals surface area (Å²) in [6.07, 6.45) is 0. The fourth-order valence-electron chi connectivity index (χ4n) is 1.64. The first-order chi connectivity index (χ1) is 8.04. The minimum atomic E-state index is -0.340. The van der Waals surface area contributed by atoms with Crippen molar-refractivity contribution in [3.8, 4) is 17.0 Å². The van der Waals surface area contributed by atoms with E-state index in [0.717, 1.165) is 0 Å². The molecule has 0 fully saturated rings. The molecule has 0 atom stereocenters. The number of halogens is 2. The zero-order valence-corrected chi connectivity index (χ0v) is 11.0. The molecular formula is C11H11BrFN3O. The maximum atomic E-state index is 13.3. The summed E-state index contributed by atoms with van der Waals surface area (Å²) in [4.78, 5) is 4.07. The van der Waals surface area contributed by atoms with Gasteiger partial charge in [-0.3, -0.25) is 0 Å². The molecule has 0 aliphatic carbocycles. The zero-order valence-electron chi connectivity index (χ0n) is 9.37. The molecule has 2 aromatic rings. The third-order valence-corrected chi connectivity index (χ3v) is 3.06. The number of benzene rings is 1. The zero-order chi connectivity index (χ0) is 12.6. The summed E-state index contributed by atoms with van der Waals surface area (Å²) < 4.78 is 20.7. The summed E-state index contributed by atoms with van der Waals surface area (Å²) in [6.45, 7) is 0. The number of hydrogen-bond acceptors (Lipinski definition) is 3. The van der Waals surface area contributed by atoms with Crippen LogP contribution in [0.5, 0.6) is 5.75 Å². The first-order valence-electron chi connectivity index (χ1n) is 4.86. The number of imidazole rings is 1. The fourth-order valence-corrected chi connectivity index (χ4v) is 2.30. The molecule has 1 aromatic heterocycles. The quantitative estimate of drug-likeness (QED) is 0.927. The van der Waals surface area contributed by atoms with Gasteiger partial charge in [-0.2, -0.15) is 0 Å². The Labute approximate surface area is 106 Å². The average molecular weight is 300 g/mol. The molecule has 90 valence electrons. The van der Waals surface area contributed by atoms with Crippen molar-refractivity contribution in [2.75, 3.05) is 12.8 Å². The van der Waals surface area contributed by atoms with Crippen molar-refractivity contribution in [3.05, 3.63) is 28.6 Å². The van der Waals surface area contributed by atoms with Crippen LogP contribution in [0.2, 0.25) is 0 Å². The van der Waals surface area contributed by atoms with Gasteiger partial charge in [0, 0.05) is 12.6 Å². The van der Waals surface area contributed by atoms with Gasteiger partial charge in [0.25, 0.3) is 0 Å². The Hall–Kier alpha value is -1.56. The third-order valence-electron chi connectivity index (χ3n) is 2.50. The van der Waals surface area contributed by atoms with Gasteiger partial charge in [0.2, 0.25) is 5.95 Å². The molecule has 0 unspecified atom stereocenters. The van der Waals surface area contributed by atoms with E-state index in [9.17, 15) is 4.39 Å². The number of ether oxygens (including phenoxy) is 1. The molecule has 6 heteroatoms. The number of nitrogens with two attached hydrogens (primary N) is 1. The monoisotopic (exact) mass is 299 g/mol. The van der Waals surface area contributed by atoms with E-state index in [1.54, 1.807) is 17.7 Å². The number of methoxy groups -OCH3 is 1. The van der Waals surface area contributed by atoms with E-state index in [1.165, 1.54) is 19.2 Å². The Bertz CT molecular complexity index is 568. The Balaban J connectivity index is 2.71. The molecule has 0 spiro atoms. The van der Waals surface area contributed by atoms with Gasteiger partial charge in [0.1, 0.15) is 16.2 Å². The maximum Gasteiger partial charge on any atom is 0.201 e. The van der Waals surface area contributed by atoms with Gasteiger partial charge in [-0.1, -0.05) is 0 Å². The van der Waals surface area contributed by atoms with E-state index in [0.29, 0.717) is 27.6 Å². The second-order valence-corrected chi connectivity index (χ2v) is 4.26. The smallest absolute Gasteiger partial charge is 0.201 e. The largest absolute Gasteiger partial charge is 0.496 e. The van der Waals surface area contributed by atoms with Crippen LogP contribution in [-0.2, 0) is 7.05 Å². The lowest BCUT2D eigenvalue weighted by molar-refractivity contribution is 0.415. The molecule has 1 heterocycles. The van der Waals surface area contributed by atoms with Crippen LogP contribution in [0.4, 0.5) is 10.3 Å². The van der Waals surface area contributed by atoms with Crippen molar-refractivity contribution in [1.29, 1.82) is 0 Å². The van der Waals surface area contributed by atoms with Gasteiger partial charge in [0.05, 0.1) is 12.8 Å². The van der Waals surface area contributed by atoms with E-state index in [1.807, 2.05) is 0 Å². The van der Waals surface area contributed by atoms with Gasteiger partial charge in [-0.25, -0.2) is 9.37 Å². The Morgan fingerprint density at radius 3 is 2.71 bits per heavy atom. The second-order valence-electron chi connectivity index (χ2n) is 3.51. The highest BCUT2D eigenvalue weighted by molar-refractivity contribution is 9.10. The first kappa shape index (κ1) is 11.9. The molecule has 2 rings (SSSR count). The van der Waals surface area contributed by atoms with Gasteiger partial charge >= 0.3 is 0 Å². The van der Waals surface area contributed by atoms with Crippen molar-refractivity contribution in [2.45, 2.75) is 0 Å². The van der Waals surface area contributed by atoms with Crippen LogP contribution in [0.1, 0.15) is 0 Å². The molecule has 2 N–H and O–H groups in total. The molecule has 0 aliphatic heterocycles. The van der Waals surface area contributed by atoms with Crippen LogP contribution in [0.25, 0.3) is 11.3 Å². The minimum absolute atomic E-state index is 0.340. The van der Waals surface area contributed by atoms with Gasteiger partial charge in [-0.05, 0) is 34.1 Å². The molecule has 0 saturated heterocycles. The summed E-state index contributed by atoms with van der Waals surface area (Å²) in [6, 6.07) is 4.30. The number of aromatic nitrogens is 2. The summed E-state index contributed by atoms with van der Waals surface area (Å²) in [5.74, 6) is 0.570. The lowest BCUT2D eigenvalue weighted by atomic mass is 10.1. The highest BCUT2D eigenvalue weighted by Gasteiger charge is 2.17. The number of anilines is 1. The molecule has 0 bridgehead atoms. The lowest BCUT2D eigenvalue weighted by Gasteiger charge is -2.09.